The average molecular weight is 316 g/mol. The first-order valence-corrected chi connectivity index (χ1v) is 6.08. The topological polar surface area (TPSA) is 9.23 Å². The van der Waals surface area contributed by atoms with E-state index in [0.29, 0.717) is 21.9 Å². The summed E-state index contributed by atoms with van der Waals surface area (Å²) in [6.45, 7) is 0. The molecule has 2 aromatic rings. The van der Waals surface area contributed by atoms with Gasteiger partial charge in [-0.05, 0) is 40.2 Å². The van der Waals surface area contributed by atoms with E-state index in [9.17, 15) is 4.39 Å². The van der Waals surface area contributed by atoms with Gasteiger partial charge in [-0.15, -0.1) is 0 Å². The van der Waals surface area contributed by atoms with Gasteiger partial charge in [0.2, 0.25) is 0 Å². The van der Waals surface area contributed by atoms with Crippen molar-refractivity contribution in [3.63, 3.8) is 0 Å². The lowest BCUT2D eigenvalue weighted by Crippen LogP contribution is -1.91. The molecule has 2 rings (SSSR count). The van der Waals surface area contributed by atoms with Crippen molar-refractivity contribution in [2.24, 2.45) is 0 Å². The van der Waals surface area contributed by atoms with Crippen LogP contribution in [-0.4, -0.2) is 7.11 Å². The quantitative estimate of drug-likeness (QED) is 0.764. The summed E-state index contributed by atoms with van der Waals surface area (Å²) in [6.07, 6.45) is 0. The van der Waals surface area contributed by atoms with Gasteiger partial charge in [0.25, 0.3) is 0 Å². The third kappa shape index (κ3) is 2.45. The van der Waals surface area contributed by atoms with E-state index in [1.165, 1.54) is 6.07 Å². The largest absolute Gasteiger partial charge is 0.495 e. The summed E-state index contributed by atoms with van der Waals surface area (Å²) in [5, 5.41) is 0.375. The summed E-state index contributed by atoms with van der Waals surface area (Å²) in [6, 6.07) is 10.1. The highest BCUT2D eigenvalue weighted by Crippen LogP contribution is 2.37. The Balaban J connectivity index is 2.64. The Morgan fingerprint density at radius 1 is 1.18 bits per heavy atom. The molecule has 0 fully saturated rings. The molecule has 0 amide bonds. The third-order valence-corrected chi connectivity index (χ3v) is 3.25. The Hall–Kier alpha value is -1.06. The van der Waals surface area contributed by atoms with Crippen molar-refractivity contribution in [3.8, 4) is 16.9 Å². The molecule has 88 valence electrons. The lowest BCUT2D eigenvalue weighted by molar-refractivity contribution is 0.413. The Bertz CT molecular complexity index is 557. The van der Waals surface area contributed by atoms with Gasteiger partial charge >= 0.3 is 0 Å². The Labute approximate surface area is 112 Å². The molecule has 0 heterocycles. The molecule has 0 saturated carbocycles. The zero-order valence-electron chi connectivity index (χ0n) is 9.01. The van der Waals surface area contributed by atoms with Crippen molar-refractivity contribution in [3.05, 3.63) is 51.7 Å². The highest BCUT2D eigenvalue weighted by molar-refractivity contribution is 9.10. The van der Waals surface area contributed by atoms with Gasteiger partial charge in [0.1, 0.15) is 11.6 Å². The standard InChI is InChI=1S/C13H9BrClFO/c1-17-13-10(3-2-4-11(13)14)9-6-5-8(15)7-12(9)16/h2-7H,1H3. The van der Waals surface area contributed by atoms with Crippen LogP contribution in [0.5, 0.6) is 5.75 Å². The maximum atomic E-state index is 13.8. The second kappa shape index (κ2) is 5.07. The normalized spacial score (nSPS) is 10.4. The number of rotatable bonds is 2. The van der Waals surface area contributed by atoms with E-state index >= 15 is 0 Å². The summed E-state index contributed by atoms with van der Waals surface area (Å²) in [5.74, 6) is 0.239. The molecular weight excluding hydrogens is 306 g/mol. The van der Waals surface area contributed by atoms with Gasteiger partial charge in [-0.2, -0.15) is 0 Å². The molecule has 17 heavy (non-hydrogen) atoms. The molecule has 0 unspecified atom stereocenters. The minimum Gasteiger partial charge on any atom is -0.495 e. The monoisotopic (exact) mass is 314 g/mol. The predicted octanol–water partition coefficient (Wildman–Crippen LogP) is 4.92. The minimum atomic E-state index is -0.367. The second-order valence-corrected chi connectivity index (χ2v) is 4.74. The van der Waals surface area contributed by atoms with Crippen LogP contribution in [0.1, 0.15) is 0 Å². The number of hydrogen-bond donors (Lipinski definition) is 0. The van der Waals surface area contributed by atoms with E-state index < -0.39 is 0 Å². The van der Waals surface area contributed by atoms with Crippen LogP contribution in [0, 0.1) is 5.82 Å². The van der Waals surface area contributed by atoms with Crippen molar-refractivity contribution in [2.75, 3.05) is 7.11 Å². The van der Waals surface area contributed by atoms with E-state index in [-0.39, 0.29) is 5.82 Å². The molecule has 1 nitrogen and oxygen atoms in total. The number of halogens is 3. The van der Waals surface area contributed by atoms with Crippen LogP contribution in [-0.2, 0) is 0 Å². The van der Waals surface area contributed by atoms with Crippen LogP contribution in [0.2, 0.25) is 5.02 Å². The SMILES string of the molecule is COc1c(Br)cccc1-c1ccc(Cl)cc1F. The zero-order chi connectivity index (χ0) is 12.4. The Morgan fingerprint density at radius 3 is 2.59 bits per heavy atom. The van der Waals surface area contributed by atoms with Gasteiger partial charge in [-0.1, -0.05) is 23.7 Å². The molecule has 0 saturated heterocycles. The van der Waals surface area contributed by atoms with Crippen LogP contribution in [0.4, 0.5) is 4.39 Å². The third-order valence-electron chi connectivity index (χ3n) is 2.39. The summed E-state index contributed by atoms with van der Waals surface area (Å²) < 4.78 is 19.9. The second-order valence-electron chi connectivity index (χ2n) is 3.44. The van der Waals surface area contributed by atoms with E-state index in [4.69, 9.17) is 16.3 Å². The number of para-hydroxylation sites is 1. The Kier molecular flexibility index (Phi) is 3.69. The van der Waals surface area contributed by atoms with Crippen LogP contribution >= 0.6 is 27.5 Å². The van der Waals surface area contributed by atoms with Crippen molar-refractivity contribution in [1.29, 1.82) is 0 Å². The maximum Gasteiger partial charge on any atom is 0.140 e. The highest BCUT2D eigenvalue weighted by atomic mass is 79.9. The number of benzene rings is 2. The first-order valence-electron chi connectivity index (χ1n) is 4.91. The van der Waals surface area contributed by atoms with Gasteiger partial charge < -0.3 is 4.74 Å². The highest BCUT2D eigenvalue weighted by Gasteiger charge is 2.12. The molecule has 0 aliphatic rings. The molecule has 0 aliphatic carbocycles. The van der Waals surface area contributed by atoms with Gasteiger partial charge in [0.15, 0.2) is 0 Å². The molecule has 0 atom stereocenters. The zero-order valence-corrected chi connectivity index (χ0v) is 11.3. The Morgan fingerprint density at radius 2 is 1.94 bits per heavy atom. The fourth-order valence-electron chi connectivity index (χ4n) is 1.64. The first-order chi connectivity index (χ1) is 8.13. The first kappa shape index (κ1) is 12.4. The van der Waals surface area contributed by atoms with Crippen LogP contribution in [0.3, 0.4) is 0 Å². The molecule has 0 N–H and O–H groups in total. The lowest BCUT2D eigenvalue weighted by atomic mass is 10.0. The lowest BCUT2D eigenvalue weighted by Gasteiger charge is -2.11. The number of methoxy groups -OCH3 is 1. The fraction of sp³-hybridized carbons (Fsp3) is 0.0769. The van der Waals surface area contributed by atoms with E-state index in [0.717, 1.165) is 4.47 Å². The smallest absolute Gasteiger partial charge is 0.140 e. The number of hydrogen-bond acceptors (Lipinski definition) is 1. The summed E-state index contributed by atoms with van der Waals surface area (Å²) >= 11 is 9.10. The van der Waals surface area contributed by atoms with Gasteiger partial charge in [-0.25, -0.2) is 4.39 Å². The van der Waals surface area contributed by atoms with Crippen molar-refractivity contribution in [1.82, 2.24) is 0 Å². The molecule has 0 aliphatic heterocycles. The van der Waals surface area contributed by atoms with Crippen molar-refractivity contribution >= 4 is 27.5 Å². The summed E-state index contributed by atoms with van der Waals surface area (Å²) in [7, 11) is 1.55. The molecule has 0 aromatic heterocycles. The fourth-order valence-corrected chi connectivity index (χ4v) is 2.32. The molecule has 0 radical (unpaired) electrons. The molecule has 0 bridgehead atoms. The average Bonchev–Trinajstić information content (AvgIpc) is 2.29. The number of ether oxygens (including phenoxy) is 1. The minimum absolute atomic E-state index is 0.367. The predicted molar refractivity (Wildman–Crippen MR) is 71.1 cm³/mol. The van der Waals surface area contributed by atoms with E-state index in [2.05, 4.69) is 15.9 Å². The summed E-state index contributed by atoms with van der Waals surface area (Å²) in [4.78, 5) is 0. The van der Waals surface area contributed by atoms with Crippen molar-refractivity contribution in [2.45, 2.75) is 0 Å². The van der Waals surface area contributed by atoms with Crippen molar-refractivity contribution < 1.29 is 9.13 Å². The molecule has 2 aromatic carbocycles. The summed E-state index contributed by atoms with van der Waals surface area (Å²) in [5.41, 5.74) is 1.16. The maximum absolute atomic E-state index is 13.8. The molecule has 4 heteroatoms. The van der Waals surface area contributed by atoms with Gasteiger partial charge in [0, 0.05) is 16.1 Å². The van der Waals surface area contributed by atoms with Gasteiger partial charge in [0.05, 0.1) is 11.6 Å². The van der Waals surface area contributed by atoms with E-state index in [1.807, 2.05) is 12.1 Å². The van der Waals surface area contributed by atoms with Crippen LogP contribution in [0.15, 0.2) is 40.9 Å². The molecule has 0 spiro atoms. The van der Waals surface area contributed by atoms with Gasteiger partial charge in [-0.3, -0.25) is 0 Å². The molecular formula is C13H9BrClFO. The van der Waals surface area contributed by atoms with Crippen LogP contribution < -0.4 is 4.74 Å². The van der Waals surface area contributed by atoms with E-state index in [1.54, 1.807) is 25.3 Å². The van der Waals surface area contributed by atoms with Crippen LogP contribution in [0.25, 0.3) is 11.1 Å².